The molecule has 0 atom stereocenters. The summed E-state index contributed by atoms with van der Waals surface area (Å²) in [6.45, 7) is 9.94. The van der Waals surface area contributed by atoms with E-state index in [1.54, 1.807) is 17.4 Å². The van der Waals surface area contributed by atoms with Crippen LogP contribution in [0, 0.1) is 0 Å². The van der Waals surface area contributed by atoms with Crippen LogP contribution in [0.5, 0.6) is 0 Å². The Morgan fingerprint density at radius 3 is 2.53 bits per heavy atom. The molecule has 5 aromatic rings. The third-order valence-electron chi connectivity index (χ3n) is 7.65. The molecule has 6 rings (SSSR count). The molecule has 11 heteroatoms. The molecule has 10 nitrogen and oxygen atoms in total. The number of benzene rings is 2. The van der Waals surface area contributed by atoms with Crippen LogP contribution >= 0.6 is 11.3 Å². The maximum Gasteiger partial charge on any atom is 0.324 e. The maximum absolute atomic E-state index is 12.5. The second-order valence-corrected chi connectivity index (χ2v) is 13.1. The van der Waals surface area contributed by atoms with Crippen molar-refractivity contribution in [3.8, 4) is 11.3 Å². The minimum atomic E-state index is -0.398. The number of carbonyl (C=O) groups excluding carboxylic acids is 2. The summed E-state index contributed by atoms with van der Waals surface area (Å²) in [7, 11) is 0. The van der Waals surface area contributed by atoms with Gasteiger partial charge in [-0.1, -0.05) is 61.9 Å². The van der Waals surface area contributed by atoms with Gasteiger partial charge in [0.15, 0.2) is 10.8 Å². The van der Waals surface area contributed by atoms with Crippen LogP contribution in [0.1, 0.15) is 51.4 Å². The molecule has 2 aromatic carbocycles. The normalized spacial score (nSPS) is 14.3. The van der Waals surface area contributed by atoms with Crippen molar-refractivity contribution >= 4 is 50.0 Å². The summed E-state index contributed by atoms with van der Waals surface area (Å²) in [6.07, 6.45) is 6.23. The first-order valence-corrected chi connectivity index (χ1v) is 15.6. The number of anilines is 2. The molecular formula is C32H37N7O3S. The van der Waals surface area contributed by atoms with Crippen molar-refractivity contribution in [3.05, 3.63) is 66.1 Å². The van der Waals surface area contributed by atoms with Crippen LogP contribution in [0.4, 0.5) is 16.3 Å². The Morgan fingerprint density at radius 2 is 1.79 bits per heavy atom. The minimum Gasteiger partial charge on any atom is -0.359 e. The summed E-state index contributed by atoms with van der Waals surface area (Å²) in [5.41, 5.74) is 4.30. The van der Waals surface area contributed by atoms with Gasteiger partial charge in [-0.05, 0) is 55.8 Å². The number of carbonyl (C=O) groups is 2. The Morgan fingerprint density at radius 1 is 1.00 bits per heavy atom. The van der Waals surface area contributed by atoms with Gasteiger partial charge < -0.3 is 20.1 Å². The van der Waals surface area contributed by atoms with Crippen LogP contribution in [-0.4, -0.2) is 57.6 Å². The fraction of sp³-hybridized carbons (Fsp3) is 0.375. The zero-order valence-electron chi connectivity index (χ0n) is 24.8. The summed E-state index contributed by atoms with van der Waals surface area (Å²) < 4.78 is 8.50. The van der Waals surface area contributed by atoms with Crippen LogP contribution in [0.2, 0.25) is 0 Å². The highest BCUT2D eigenvalue weighted by molar-refractivity contribution is 7.23. The molecule has 1 aliphatic rings. The van der Waals surface area contributed by atoms with Gasteiger partial charge in [-0.3, -0.25) is 14.5 Å². The molecule has 0 aliphatic carbocycles. The molecular weight excluding hydrogens is 562 g/mol. The molecule has 1 fully saturated rings. The third-order valence-corrected chi connectivity index (χ3v) is 8.67. The highest BCUT2D eigenvalue weighted by atomic mass is 32.1. The number of aromatic nitrogens is 3. The van der Waals surface area contributed by atoms with E-state index in [0.717, 1.165) is 51.6 Å². The summed E-state index contributed by atoms with van der Waals surface area (Å²) in [4.78, 5) is 33.1. The van der Waals surface area contributed by atoms with Crippen molar-refractivity contribution in [1.82, 2.24) is 24.8 Å². The van der Waals surface area contributed by atoms with Crippen molar-refractivity contribution in [1.29, 1.82) is 0 Å². The van der Waals surface area contributed by atoms with Gasteiger partial charge in [-0.2, -0.15) is 0 Å². The van der Waals surface area contributed by atoms with E-state index in [1.165, 1.54) is 19.3 Å². The second-order valence-electron chi connectivity index (χ2n) is 12.1. The summed E-state index contributed by atoms with van der Waals surface area (Å²) in [5, 5.41) is 12.5. The van der Waals surface area contributed by atoms with Gasteiger partial charge in [0.25, 0.3) is 0 Å². The summed E-state index contributed by atoms with van der Waals surface area (Å²) in [5.74, 6) is 1.12. The molecule has 0 saturated carbocycles. The van der Waals surface area contributed by atoms with Crippen LogP contribution < -0.4 is 16.0 Å². The zero-order valence-corrected chi connectivity index (χ0v) is 25.6. The van der Waals surface area contributed by atoms with Gasteiger partial charge in [0.1, 0.15) is 5.76 Å². The summed E-state index contributed by atoms with van der Waals surface area (Å²) in [6, 6.07) is 15.0. The fourth-order valence-electron chi connectivity index (χ4n) is 5.27. The first-order valence-electron chi connectivity index (χ1n) is 14.8. The molecule has 0 spiro atoms. The minimum absolute atomic E-state index is 0.0585. The first-order chi connectivity index (χ1) is 20.7. The molecule has 3 N–H and O–H groups in total. The van der Waals surface area contributed by atoms with Gasteiger partial charge in [0.2, 0.25) is 5.91 Å². The average molecular weight is 600 g/mol. The number of hydrogen-bond acceptors (Lipinski definition) is 7. The number of urea groups is 1. The molecule has 0 radical (unpaired) electrons. The van der Waals surface area contributed by atoms with E-state index < -0.39 is 6.03 Å². The number of imidazole rings is 1. The highest BCUT2D eigenvalue weighted by Gasteiger charge is 2.20. The van der Waals surface area contributed by atoms with Gasteiger partial charge in [-0.25, -0.2) is 9.78 Å². The molecule has 224 valence electrons. The Hall–Kier alpha value is -4.22. The molecule has 3 amide bonds. The van der Waals surface area contributed by atoms with E-state index in [1.807, 2.05) is 57.3 Å². The van der Waals surface area contributed by atoms with Crippen molar-refractivity contribution in [2.24, 2.45) is 0 Å². The number of piperidine rings is 1. The molecule has 0 unspecified atom stereocenters. The Labute approximate surface area is 254 Å². The van der Waals surface area contributed by atoms with Gasteiger partial charge in [-0.15, -0.1) is 0 Å². The number of rotatable bonds is 8. The van der Waals surface area contributed by atoms with E-state index in [9.17, 15) is 9.59 Å². The van der Waals surface area contributed by atoms with E-state index in [2.05, 4.69) is 42.5 Å². The van der Waals surface area contributed by atoms with Gasteiger partial charge >= 0.3 is 6.03 Å². The van der Waals surface area contributed by atoms with Crippen molar-refractivity contribution in [3.63, 3.8) is 0 Å². The number of nitrogens with zero attached hydrogens (tertiary/aromatic N) is 4. The predicted molar refractivity (Wildman–Crippen MR) is 171 cm³/mol. The standard InChI is InChI=1S/C32H37N7O3S/c1-32(2,3)27-19-28(37-42-27)36-30(41)34-23-10-8-22(9-11-23)24-20-39-25-12-7-21(17-26(25)43-31(39)35-24)18-29(40)33-13-16-38-14-5-4-6-15-38/h7-12,17,19-20H,4-6,13-16,18H2,1-3H3,(H,33,40)(H2,34,36,37,41). The van der Waals surface area contributed by atoms with Crippen LogP contribution in [-0.2, 0) is 16.6 Å². The highest BCUT2D eigenvalue weighted by Crippen LogP contribution is 2.31. The number of amides is 3. The molecule has 43 heavy (non-hydrogen) atoms. The SMILES string of the molecule is CC(C)(C)c1cc(NC(=O)Nc2ccc(-c3cn4c(n3)sc3cc(CC(=O)NCCN5CCCCC5)ccc34)cc2)no1. The molecule has 0 bridgehead atoms. The van der Waals surface area contributed by atoms with E-state index in [4.69, 9.17) is 9.51 Å². The zero-order chi connectivity index (χ0) is 30.0. The monoisotopic (exact) mass is 599 g/mol. The number of fused-ring (bicyclic) bond motifs is 3. The molecule has 1 saturated heterocycles. The smallest absolute Gasteiger partial charge is 0.324 e. The first kappa shape index (κ1) is 28.9. The fourth-order valence-corrected chi connectivity index (χ4v) is 6.34. The topological polar surface area (TPSA) is 117 Å². The number of thiazole rings is 1. The molecule has 4 heterocycles. The lowest BCUT2D eigenvalue weighted by atomic mass is 9.93. The third kappa shape index (κ3) is 6.89. The molecule has 1 aliphatic heterocycles. The predicted octanol–water partition coefficient (Wildman–Crippen LogP) is 6.29. The lowest BCUT2D eigenvalue weighted by molar-refractivity contribution is -0.120. The maximum atomic E-state index is 12.5. The van der Waals surface area contributed by atoms with Crippen molar-refractivity contribution < 1.29 is 14.1 Å². The number of nitrogens with one attached hydrogen (secondary N) is 3. The van der Waals surface area contributed by atoms with Crippen molar-refractivity contribution in [2.45, 2.75) is 51.9 Å². The summed E-state index contributed by atoms with van der Waals surface area (Å²) >= 11 is 1.61. The number of likely N-dealkylation sites (tertiary alicyclic amines) is 1. The van der Waals surface area contributed by atoms with E-state index >= 15 is 0 Å². The Kier molecular flexibility index (Phi) is 8.18. The second kappa shape index (κ2) is 12.2. The van der Waals surface area contributed by atoms with Crippen molar-refractivity contribution in [2.75, 3.05) is 36.8 Å². The Balaban J connectivity index is 1.05. The van der Waals surface area contributed by atoms with Crippen LogP contribution in [0.15, 0.2) is 59.3 Å². The van der Waals surface area contributed by atoms with Gasteiger partial charge in [0, 0.05) is 42.0 Å². The lowest BCUT2D eigenvalue weighted by Gasteiger charge is -2.26. The largest absolute Gasteiger partial charge is 0.359 e. The van der Waals surface area contributed by atoms with E-state index in [0.29, 0.717) is 30.2 Å². The van der Waals surface area contributed by atoms with Crippen LogP contribution in [0.3, 0.4) is 0 Å². The van der Waals surface area contributed by atoms with Gasteiger partial charge in [0.05, 0.1) is 22.3 Å². The molecule has 3 aromatic heterocycles. The Bertz CT molecular complexity index is 1740. The lowest BCUT2D eigenvalue weighted by Crippen LogP contribution is -2.38. The average Bonchev–Trinajstić information content (AvgIpc) is 3.69. The quantitative estimate of drug-likeness (QED) is 0.193. The van der Waals surface area contributed by atoms with E-state index in [-0.39, 0.29) is 11.3 Å². The number of hydrogen-bond donors (Lipinski definition) is 3. The van der Waals surface area contributed by atoms with Crippen LogP contribution in [0.25, 0.3) is 26.4 Å².